The second kappa shape index (κ2) is 7.27. The molecule has 1 atom stereocenters. The molecule has 1 unspecified atom stereocenters. The molecule has 0 radical (unpaired) electrons. The Balaban J connectivity index is 2.51. The van der Waals surface area contributed by atoms with E-state index < -0.39 is 0 Å². The molecule has 1 aromatic rings. The van der Waals surface area contributed by atoms with Gasteiger partial charge in [-0.3, -0.25) is 4.98 Å². The van der Waals surface area contributed by atoms with Crippen LogP contribution in [0.2, 0.25) is 0 Å². The lowest BCUT2D eigenvalue weighted by molar-refractivity contribution is 0.0591. The van der Waals surface area contributed by atoms with Crippen molar-refractivity contribution in [2.24, 2.45) is 0 Å². The first kappa shape index (κ1) is 13.0. The van der Waals surface area contributed by atoms with Gasteiger partial charge in [0.05, 0.1) is 32.1 Å². The molecule has 1 N–H and O–H groups in total. The summed E-state index contributed by atoms with van der Waals surface area (Å²) in [6.07, 6.45) is 2.77. The lowest BCUT2D eigenvalue weighted by Gasteiger charge is -2.17. The van der Waals surface area contributed by atoms with E-state index in [0.29, 0.717) is 25.4 Å². The van der Waals surface area contributed by atoms with Crippen molar-refractivity contribution < 1.29 is 13.9 Å². The molecule has 0 aliphatic carbocycles. The van der Waals surface area contributed by atoms with E-state index in [1.54, 1.807) is 26.4 Å². The first-order chi connectivity index (χ1) is 7.79. The van der Waals surface area contributed by atoms with Crippen molar-refractivity contribution in [3.05, 3.63) is 29.8 Å². The van der Waals surface area contributed by atoms with Gasteiger partial charge >= 0.3 is 0 Å². The second-order valence-electron chi connectivity index (χ2n) is 3.31. The van der Waals surface area contributed by atoms with Crippen LogP contribution in [0.5, 0.6) is 0 Å². The molecular formula is C11H17FN2O2. The van der Waals surface area contributed by atoms with Crippen molar-refractivity contribution in [2.75, 3.05) is 34.0 Å². The van der Waals surface area contributed by atoms with Gasteiger partial charge in [-0.15, -0.1) is 0 Å². The Bertz CT molecular complexity index is 310. The van der Waals surface area contributed by atoms with E-state index in [1.807, 2.05) is 0 Å². The summed E-state index contributed by atoms with van der Waals surface area (Å²) in [5, 5.41) is 3.00. The number of likely N-dealkylation sites (N-methyl/N-ethyl adjacent to an activating group) is 1. The fourth-order valence-electron chi connectivity index (χ4n) is 1.34. The molecule has 0 bridgehead atoms. The number of aromatic nitrogens is 1. The molecule has 1 aromatic heterocycles. The van der Waals surface area contributed by atoms with Crippen molar-refractivity contribution in [3.8, 4) is 0 Å². The predicted molar refractivity (Wildman–Crippen MR) is 58.7 cm³/mol. The molecule has 0 amide bonds. The maximum Gasteiger partial charge on any atom is 0.146 e. The van der Waals surface area contributed by atoms with E-state index >= 15 is 0 Å². The van der Waals surface area contributed by atoms with Gasteiger partial charge in [-0.1, -0.05) is 0 Å². The standard InChI is InChI=1S/C11H17FN2O2/c1-13-11(8-16-6-5-15-2)9-3-4-14-7-10(9)12/h3-4,7,11,13H,5-6,8H2,1-2H3. The highest BCUT2D eigenvalue weighted by Gasteiger charge is 2.13. The molecule has 0 aliphatic rings. The maximum absolute atomic E-state index is 13.4. The largest absolute Gasteiger partial charge is 0.382 e. The second-order valence-corrected chi connectivity index (χ2v) is 3.31. The van der Waals surface area contributed by atoms with E-state index in [-0.39, 0.29) is 11.9 Å². The highest BCUT2D eigenvalue weighted by molar-refractivity contribution is 5.17. The number of halogens is 1. The fraction of sp³-hybridized carbons (Fsp3) is 0.545. The minimum absolute atomic E-state index is 0.167. The van der Waals surface area contributed by atoms with E-state index in [1.165, 1.54) is 6.20 Å². The summed E-state index contributed by atoms with van der Waals surface area (Å²) >= 11 is 0. The van der Waals surface area contributed by atoms with E-state index in [0.717, 1.165) is 0 Å². The van der Waals surface area contributed by atoms with Crippen LogP contribution < -0.4 is 5.32 Å². The number of hydrogen-bond donors (Lipinski definition) is 1. The average molecular weight is 228 g/mol. The van der Waals surface area contributed by atoms with Crippen molar-refractivity contribution >= 4 is 0 Å². The molecule has 5 heteroatoms. The van der Waals surface area contributed by atoms with Crippen molar-refractivity contribution in [2.45, 2.75) is 6.04 Å². The molecule has 0 fully saturated rings. The molecule has 1 heterocycles. The summed E-state index contributed by atoms with van der Waals surface area (Å²) in [7, 11) is 3.38. The molecule has 0 aromatic carbocycles. The first-order valence-electron chi connectivity index (χ1n) is 5.13. The summed E-state index contributed by atoms with van der Waals surface area (Å²) < 4.78 is 23.6. The van der Waals surface area contributed by atoms with Crippen molar-refractivity contribution in [3.63, 3.8) is 0 Å². The first-order valence-corrected chi connectivity index (χ1v) is 5.13. The quantitative estimate of drug-likeness (QED) is 0.711. The Labute approximate surface area is 94.8 Å². The molecule has 90 valence electrons. The molecular weight excluding hydrogens is 211 g/mol. The van der Waals surface area contributed by atoms with Gasteiger partial charge in [0.25, 0.3) is 0 Å². The fourth-order valence-corrected chi connectivity index (χ4v) is 1.34. The Morgan fingerprint density at radius 3 is 2.94 bits per heavy atom. The van der Waals surface area contributed by atoms with Gasteiger partial charge in [0.2, 0.25) is 0 Å². The minimum atomic E-state index is -0.322. The topological polar surface area (TPSA) is 43.4 Å². The van der Waals surface area contributed by atoms with Gasteiger partial charge < -0.3 is 14.8 Å². The summed E-state index contributed by atoms with van der Waals surface area (Å²) in [5.74, 6) is -0.322. The van der Waals surface area contributed by atoms with E-state index in [2.05, 4.69) is 10.3 Å². The lowest BCUT2D eigenvalue weighted by atomic mass is 10.1. The highest BCUT2D eigenvalue weighted by atomic mass is 19.1. The van der Waals surface area contributed by atoms with Crippen LogP contribution in [0.15, 0.2) is 18.5 Å². The van der Waals surface area contributed by atoms with Crippen LogP contribution in [-0.2, 0) is 9.47 Å². The molecule has 0 saturated carbocycles. The number of hydrogen-bond acceptors (Lipinski definition) is 4. The minimum Gasteiger partial charge on any atom is -0.382 e. The van der Waals surface area contributed by atoms with Crippen molar-refractivity contribution in [1.29, 1.82) is 0 Å². The van der Waals surface area contributed by atoms with Crippen LogP contribution in [0.25, 0.3) is 0 Å². The summed E-state index contributed by atoms with van der Waals surface area (Å²) in [5.41, 5.74) is 0.565. The van der Waals surface area contributed by atoms with Crippen LogP contribution in [0.1, 0.15) is 11.6 Å². The Hall–Kier alpha value is -1.04. The highest BCUT2D eigenvalue weighted by Crippen LogP contribution is 2.15. The normalized spacial score (nSPS) is 12.7. The number of pyridine rings is 1. The molecule has 16 heavy (non-hydrogen) atoms. The third kappa shape index (κ3) is 3.84. The van der Waals surface area contributed by atoms with Gasteiger partial charge in [-0.05, 0) is 13.1 Å². The average Bonchev–Trinajstić information content (AvgIpc) is 2.31. The van der Waals surface area contributed by atoms with Gasteiger partial charge in [0.1, 0.15) is 5.82 Å². The SMILES string of the molecule is CNC(COCCOC)c1ccncc1F. The molecule has 0 aliphatic heterocycles. The predicted octanol–water partition coefficient (Wildman–Crippen LogP) is 1.14. The third-order valence-electron chi connectivity index (χ3n) is 2.24. The zero-order valence-electron chi connectivity index (χ0n) is 9.57. The molecule has 0 saturated heterocycles. The Morgan fingerprint density at radius 2 is 2.31 bits per heavy atom. The monoisotopic (exact) mass is 228 g/mol. The zero-order valence-corrected chi connectivity index (χ0v) is 9.57. The molecule has 4 nitrogen and oxygen atoms in total. The maximum atomic E-state index is 13.4. The van der Waals surface area contributed by atoms with Crippen LogP contribution >= 0.6 is 0 Å². The van der Waals surface area contributed by atoms with Gasteiger partial charge in [-0.2, -0.15) is 0 Å². The van der Waals surface area contributed by atoms with Crippen molar-refractivity contribution in [1.82, 2.24) is 10.3 Å². The number of nitrogens with one attached hydrogen (secondary N) is 1. The Kier molecular flexibility index (Phi) is 5.92. The van der Waals surface area contributed by atoms with Gasteiger partial charge in [0.15, 0.2) is 0 Å². The van der Waals surface area contributed by atoms with Gasteiger partial charge in [0, 0.05) is 18.9 Å². The van der Waals surface area contributed by atoms with Crippen LogP contribution in [0.4, 0.5) is 4.39 Å². The summed E-state index contributed by atoms with van der Waals surface area (Å²) in [6, 6.07) is 1.48. The molecule has 1 rings (SSSR count). The smallest absolute Gasteiger partial charge is 0.146 e. The lowest BCUT2D eigenvalue weighted by Crippen LogP contribution is -2.23. The zero-order chi connectivity index (χ0) is 11.8. The summed E-state index contributed by atoms with van der Waals surface area (Å²) in [4.78, 5) is 3.71. The van der Waals surface area contributed by atoms with Crippen LogP contribution in [-0.4, -0.2) is 39.0 Å². The Morgan fingerprint density at radius 1 is 1.50 bits per heavy atom. The van der Waals surface area contributed by atoms with Crippen LogP contribution in [0.3, 0.4) is 0 Å². The van der Waals surface area contributed by atoms with Gasteiger partial charge in [-0.25, -0.2) is 4.39 Å². The molecule has 0 spiro atoms. The third-order valence-corrected chi connectivity index (χ3v) is 2.24. The summed E-state index contributed by atoms with van der Waals surface area (Å²) in [6.45, 7) is 1.44. The van der Waals surface area contributed by atoms with E-state index in [4.69, 9.17) is 9.47 Å². The number of methoxy groups -OCH3 is 1. The number of nitrogens with zero attached hydrogens (tertiary/aromatic N) is 1. The number of rotatable bonds is 7. The van der Waals surface area contributed by atoms with Crippen LogP contribution in [0, 0.1) is 5.82 Å². The number of ether oxygens (including phenoxy) is 2. The van der Waals surface area contributed by atoms with E-state index in [9.17, 15) is 4.39 Å².